The summed E-state index contributed by atoms with van der Waals surface area (Å²) >= 11 is 5.00. The molecule has 19 heavy (non-hydrogen) atoms. The van der Waals surface area contributed by atoms with Crippen LogP contribution >= 0.6 is 27.7 Å². The van der Waals surface area contributed by atoms with Crippen molar-refractivity contribution in [3.63, 3.8) is 0 Å². The van der Waals surface area contributed by atoms with Gasteiger partial charge >= 0.3 is 5.97 Å². The van der Waals surface area contributed by atoms with E-state index in [2.05, 4.69) is 33.2 Å². The number of likely N-dealkylation sites (N-methyl/N-ethyl adjacent to an activating group) is 1. The van der Waals surface area contributed by atoms with E-state index in [9.17, 15) is 4.79 Å². The number of carbonyl (C=O) groups excluding carboxylic acids is 1. The first-order valence-electron chi connectivity index (χ1n) is 5.97. The van der Waals surface area contributed by atoms with E-state index in [1.54, 1.807) is 25.0 Å². The van der Waals surface area contributed by atoms with Crippen LogP contribution in [0, 0.1) is 0 Å². The van der Waals surface area contributed by atoms with Crippen LogP contribution in [-0.4, -0.2) is 35.9 Å². The second-order valence-electron chi connectivity index (χ2n) is 4.52. The number of nitrogens with zero attached hydrogens (tertiary/aromatic N) is 1. The molecule has 1 N–H and O–H groups in total. The minimum atomic E-state index is -0.670. The third-order valence-electron chi connectivity index (χ3n) is 2.91. The highest BCUT2D eigenvalue weighted by molar-refractivity contribution is 9.10. The normalized spacial score (nSPS) is 15.6. The van der Waals surface area contributed by atoms with Crippen molar-refractivity contribution in [1.82, 2.24) is 10.3 Å². The number of hydrogen-bond acceptors (Lipinski definition) is 5. The Balaban J connectivity index is 2.65. The second-order valence-corrected chi connectivity index (χ2v) is 6.90. The lowest BCUT2D eigenvalue weighted by atomic mass is 9.96. The largest absolute Gasteiger partial charge is 0.468 e. The van der Waals surface area contributed by atoms with E-state index >= 15 is 0 Å². The first kappa shape index (κ1) is 16.5. The van der Waals surface area contributed by atoms with E-state index in [1.165, 1.54) is 7.11 Å². The fourth-order valence-corrected chi connectivity index (χ4v) is 3.09. The van der Waals surface area contributed by atoms with E-state index < -0.39 is 5.54 Å². The molecule has 0 spiro atoms. The van der Waals surface area contributed by atoms with Gasteiger partial charge in [-0.15, -0.1) is 11.8 Å². The molecule has 1 heterocycles. The Morgan fingerprint density at radius 1 is 1.63 bits per heavy atom. The van der Waals surface area contributed by atoms with Crippen molar-refractivity contribution in [1.29, 1.82) is 0 Å². The van der Waals surface area contributed by atoms with Gasteiger partial charge in [0, 0.05) is 15.9 Å². The molecule has 0 aliphatic rings. The number of hydrogen-bond donors (Lipinski definition) is 1. The Hall–Kier alpha value is -0.590. The van der Waals surface area contributed by atoms with Gasteiger partial charge in [-0.25, -0.2) is 4.98 Å². The summed E-state index contributed by atoms with van der Waals surface area (Å²) in [5.41, 5.74) is -0.670. The Morgan fingerprint density at radius 3 is 2.79 bits per heavy atom. The van der Waals surface area contributed by atoms with E-state index in [0.29, 0.717) is 6.42 Å². The van der Waals surface area contributed by atoms with Crippen LogP contribution in [0.1, 0.15) is 20.3 Å². The molecule has 2 unspecified atom stereocenters. The summed E-state index contributed by atoms with van der Waals surface area (Å²) in [6.45, 7) is 3.93. The molecule has 0 bridgehead atoms. The quantitative estimate of drug-likeness (QED) is 0.634. The Kier molecular flexibility index (Phi) is 6.29. The zero-order chi connectivity index (χ0) is 14.5. The van der Waals surface area contributed by atoms with Gasteiger partial charge < -0.3 is 10.1 Å². The first-order valence-corrected chi connectivity index (χ1v) is 7.64. The van der Waals surface area contributed by atoms with Crippen molar-refractivity contribution in [3.8, 4) is 0 Å². The van der Waals surface area contributed by atoms with Crippen molar-refractivity contribution in [2.24, 2.45) is 0 Å². The number of pyridine rings is 1. The zero-order valence-corrected chi connectivity index (χ0v) is 14.0. The summed E-state index contributed by atoms with van der Waals surface area (Å²) in [4.78, 5) is 16.1. The van der Waals surface area contributed by atoms with Gasteiger partial charge in [-0.05, 0) is 48.5 Å². The van der Waals surface area contributed by atoms with Crippen LogP contribution in [0.2, 0.25) is 0 Å². The van der Waals surface area contributed by atoms with Crippen molar-refractivity contribution in [2.45, 2.75) is 36.1 Å². The minimum absolute atomic E-state index is 0.241. The molecule has 0 amide bonds. The fourth-order valence-electron chi connectivity index (χ4n) is 1.77. The molecular formula is C13H19BrN2O2S. The number of halogens is 1. The average Bonchev–Trinajstić information content (AvgIpc) is 2.40. The van der Waals surface area contributed by atoms with Crippen LogP contribution in [0.4, 0.5) is 0 Å². The van der Waals surface area contributed by atoms with E-state index in [0.717, 1.165) is 9.50 Å². The van der Waals surface area contributed by atoms with Crippen molar-refractivity contribution >= 4 is 33.7 Å². The monoisotopic (exact) mass is 346 g/mol. The highest BCUT2D eigenvalue weighted by Crippen LogP contribution is 2.28. The van der Waals surface area contributed by atoms with Gasteiger partial charge in [0.1, 0.15) is 5.54 Å². The number of rotatable bonds is 6. The molecule has 0 radical (unpaired) electrons. The predicted octanol–water partition coefficient (Wildman–Crippen LogP) is 2.87. The number of thioether (sulfide) groups is 1. The number of carbonyl (C=O) groups is 1. The summed E-state index contributed by atoms with van der Waals surface area (Å²) in [6, 6.07) is 3.92. The minimum Gasteiger partial charge on any atom is -0.468 e. The van der Waals surface area contributed by atoms with E-state index in [1.807, 2.05) is 19.1 Å². The number of methoxy groups -OCH3 is 1. The molecule has 6 heteroatoms. The zero-order valence-electron chi connectivity index (χ0n) is 11.6. The lowest BCUT2D eigenvalue weighted by Crippen LogP contribution is -2.49. The maximum Gasteiger partial charge on any atom is 0.325 e. The summed E-state index contributed by atoms with van der Waals surface area (Å²) < 4.78 is 5.80. The summed E-state index contributed by atoms with van der Waals surface area (Å²) in [5, 5.41) is 4.22. The van der Waals surface area contributed by atoms with Gasteiger partial charge in [0.15, 0.2) is 0 Å². The van der Waals surface area contributed by atoms with Gasteiger partial charge in [0.25, 0.3) is 0 Å². The van der Waals surface area contributed by atoms with Gasteiger partial charge in [-0.1, -0.05) is 6.92 Å². The highest BCUT2D eigenvalue weighted by atomic mass is 79.9. The van der Waals surface area contributed by atoms with E-state index in [-0.39, 0.29) is 11.2 Å². The Labute approximate surface area is 126 Å². The van der Waals surface area contributed by atoms with Gasteiger partial charge in [-0.2, -0.15) is 0 Å². The average molecular weight is 347 g/mol. The van der Waals surface area contributed by atoms with Crippen molar-refractivity contribution in [2.75, 3.05) is 14.2 Å². The van der Waals surface area contributed by atoms with Gasteiger partial charge in [0.05, 0.1) is 12.1 Å². The highest BCUT2D eigenvalue weighted by Gasteiger charge is 2.34. The lowest BCUT2D eigenvalue weighted by molar-refractivity contribution is -0.147. The van der Waals surface area contributed by atoms with Crippen LogP contribution in [0.15, 0.2) is 27.8 Å². The van der Waals surface area contributed by atoms with Crippen LogP contribution < -0.4 is 5.32 Å². The fraction of sp³-hybridized carbons (Fsp3) is 0.538. The molecule has 0 saturated carbocycles. The number of esters is 1. The maximum atomic E-state index is 11.8. The van der Waals surface area contributed by atoms with Gasteiger partial charge in [0.2, 0.25) is 0 Å². The Morgan fingerprint density at radius 2 is 2.32 bits per heavy atom. The molecule has 4 nitrogen and oxygen atoms in total. The standard InChI is InChI=1S/C13H19BrN2O2S/c1-9(7-13(2,15-3)12(17)18-4)19-11-6-5-10(14)8-16-11/h5-6,8-9,15H,7H2,1-4H3. The van der Waals surface area contributed by atoms with E-state index in [4.69, 9.17) is 4.74 Å². The summed E-state index contributed by atoms with van der Waals surface area (Å²) in [6.07, 6.45) is 2.44. The molecule has 2 atom stereocenters. The lowest BCUT2D eigenvalue weighted by Gasteiger charge is -2.28. The number of ether oxygens (including phenoxy) is 1. The third kappa shape index (κ3) is 4.78. The molecule has 0 fully saturated rings. The van der Waals surface area contributed by atoms with Crippen LogP contribution in [0.3, 0.4) is 0 Å². The molecule has 1 aromatic rings. The molecule has 0 aliphatic carbocycles. The molecule has 0 saturated heterocycles. The van der Waals surface area contributed by atoms with Crippen LogP contribution in [0.5, 0.6) is 0 Å². The van der Waals surface area contributed by atoms with Crippen LogP contribution in [-0.2, 0) is 9.53 Å². The van der Waals surface area contributed by atoms with Gasteiger partial charge in [-0.3, -0.25) is 4.79 Å². The SMILES string of the molecule is CNC(C)(CC(C)Sc1ccc(Br)cn1)C(=O)OC. The molecule has 106 valence electrons. The molecule has 0 aliphatic heterocycles. The molecule has 0 aromatic carbocycles. The first-order chi connectivity index (χ1) is 8.91. The molecule has 1 rings (SSSR count). The topological polar surface area (TPSA) is 51.2 Å². The smallest absolute Gasteiger partial charge is 0.325 e. The third-order valence-corrected chi connectivity index (χ3v) is 4.43. The molecule has 1 aromatic heterocycles. The van der Waals surface area contributed by atoms with Crippen molar-refractivity contribution in [3.05, 3.63) is 22.8 Å². The molecular weight excluding hydrogens is 328 g/mol. The Bertz CT molecular complexity index is 427. The maximum absolute atomic E-state index is 11.8. The number of nitrogens with one attached hydrogen (secondary N) is 1. The summed E-state index contributed by atoms with van der Waals surface area (Å²) in [7, 11) is 3.18. The van der Waals surface area contributed by atoms with Crippen LogP contribution in [0.25, 0.3) is 0 Å². The predicted molar refractivity (Wildman–Crippen MR) is 81.4 cm³/mol. The number of aromatic nitrogens is 1. The summed E-state index contributed by atoms with van der Waals surface area (Å²) in [5.74, 6) is -0.244. The second kappa shape index (κ2) is 7.26. The van der Waals surface area contributed by atoms with Crippen molar-refractivity contribution < 1.29 is 9.53 Å².